The molecule has 1 fully saturated rings. The minimum Gasteiger partial charge on any atom is -0.497 e. The van der Waals surface area contributed by atoms with Crippen LogP contribution >= 0.6 is 11.6 Å². The Morgan fingerprint density at radius 1 is 1.19 bits per heavy atom. The van der Waals surface area contributed by atoms with Gasteiger partial charge in [-0.25, -0.2) is 0 Å². The van der Waals surface area contributed by atoms with Crippen molar-refractivity contribution in [1.82, 2.24) is 10.2 Å². The van der Waals surface area contributed by atoms with E-state index in [0.717, 1.165) is 35.7 Å². The van der Waals surface area contributed by atoms with Gasteiger partial charge in [0.15, 0.2) is 0 Å². The van der Waals surface area contributed by atoms with Gasteiger partial charge < -0.3 is 19.5 Å². The summed E-state index contributed by atoms with van der Waals surface area (Å²) in [5.41, 5.74) is 2.15. The lowest BCUT2D eigenvalue weighted by atomic mass is 10.0. The summed E-state index contributed by atoms with van der Waals surface area (Å²) in [4.78, 5) is 14.8. The second-order valence-corrected chi connectivity index (χ2v) is 8.04. The number of carbonyl (C=O) groups excluding carboxylic acids is 1. The number of nitrogens with zero attached hydrogens (tertiary/aromatic N) is 1. The van der Waals surface area contributed by atoms with Crippen molar-refractivity contribution in [2.75, 3.05) is 46.6 Å². The smallest absolute Gasteiger partial charge is 0.220 e. The monoisotopic (exact) mass is 446 g/mol. The van der Waals surface area contributed by atoms with Crippen LogP contribution in [0.1, 0.15) is 30.0 Å². The molecule has 0 aliphatic carbocycles. The number of rotatable bonds is 10. The van der Waals surface area contributed by atoms with Crippen molar-refractivity contribution in [2.45, 2.75) is 25.8 Å². The van der Waals surface area contributed by atoms with Gasteiger partial charge in [-0.3, -0.25) is 9.69 Å². The van der Waals surface area contributed by atoms with E-state index in [2.05, 4.69) is 22.3 Å². The van der Waals surface area contributed by atoms with Gasteiger partial charge in [0.25, 0.3) is 0 Å². The van der Waals surface area contributed by atoms with Crippen molar-refractivity contribution in [1.29, 1.82) is 0 Å². The summed E-state index contributed by atoms with van der Waals surface area (Å²) in [5.74, 6) is 1.66. The van der Waals surface area contributed by atoms with Crippen LogP contribution < -0.4 is 14.8 Å². The third-order valence-corrected chi connectivity index (χ3v) is 5.66. The molecular formula is C24H31ClN2O4. The number of morpholine rings is 1. The summed E-state index contributed by atoms with van der Waals surface area (Å²) < 4.78 is 16.5. The summed E-state index contributed by atoms with van der Waals surface area (Å²) >= 11 is 5.97. The first-order chi connectivity index (χ1) is 15.1. The Morgan fingerprint density at radius 2 is 1.94 bits per heavy atom. The summed E-state index contributed by atoms with van der Waals surface area (Å²) in [5, 5.41) is 3.79. The van der Waals surface area contributed by atoms with Crippen molar-refractivity contribution in [3.8, 4) is 11.5 Å². The predicted molar refractivity (Wildman–Crippen MR) is 122 cm³/mol. The molecule has 1 aliphatic rings. The van der Waals surface area contributed by atoms with E-state index in [1.807, 2.05) is 37.3 Å². The Bertz CT molecular complexity index is 838. The highest BCUT2D eigenvalue weighted by Gasteiger charge is 2.23. The van der Waals surface area contributed by atoms with Gasteiger partial charge >= 0.3 is 0 Å². The van der Waals surface area contributed by atoms with Crippen LogP contribution in [0.3, 0.4) is 0 Å². The normalized spacial score (nSPS) is 15.3. The van der Waals surface area contributed by atoms with E-state index in [0.29, 0.717) is 44.2 Å². The molecule has 3 rings (SSSR count). The lowest BCUT2D eigenvalue weighted by Crippen LogP contribution is -2.43. The number of methoxy groups -OCH3 is 1. The molecule has 1 N–H and O–H groups in total. The molecule has 2 aromatic carbocycles. The van der Waals surface area contributed by atoms with Gasteiger partial charge in [-0.1, -0.05) is 23.7 Å². The molecule has 7 heteroatoms. The zero-order valence-electron chi connectivity index (χ0n) is 18.2. The topological polar surface area (TPSA) is 60.0 Å². The molecule has 1 aliphatic heterocycles. The Balaban J connectivity index is 1.48. The van der Waals surface area contributed by atoms with Crippen LogP contribution in [0.2, 0.25) is 5.02 Å². The average molecular weight is 447 g/mol. The van der Waals surface area contributed by atoms with Gasteiger partial charge in [-0.2, -0.15) is 0 Å². The molecule has 2 aromatic rings. The van der Waals surface area contributed by atoms with Crippen LogP contribution in [0.4, 0.5) is 0 Å². The Morgan fingerprint density at radius 3 is 2.61 bits per heavy atom. The summed E-state index contributed by atoms with van der Waals surface area (Å²) in [6.45, 7) is 6.12. The maximum atomic E-state index is 12.4. The Kier molecular flexibility index (Phi) is 9.00. The summed E-state index contributed by atoms with van der Waals surface area (Å²) in [6, 6.07) is 13.7. The van der Waals surface area contributed by atoms with Crippen LogP contribution in [-0.4, -0.2) is 57.4 Å². The fourth-order valence-electron chi connectivity index (χ4n) is 3.66. The molecule has 6 nitrogen and oxygen atoms in total. The van der Waals surface area contributed by atoms with Gasteiger partial charge in [0.2, 0.25) is 5.91 Å². The van der Waals surface area contributed by atoms with Crippen molar-refractivity contribution >= 4 is 17.5 Å². The van der Waals surface area contributed by atoms with E-state index in [9.17, 15) is 4.79 Å². The number of hydrogen-bond donors (Lipinski definition) is 1. The zero-order chi connectivity index (χ0) is 22.1. The molecule has 31 heavy (non-hydrogen) atoms. The molecule has 1 heterocycles. The van der Waals surface area contributed by atoms with Gasteiger partial charge in [-0.05, 0) is 54.8 Å². The van der Waals surface area contributed by atoms with Crippen LogP contribution in [0.5, 0.6) is 11.5 Å². The second kappa shape index (κ2) is 11.9. The average Bonchev–Trinajstić information content (AvgIpc) is 2.79. The standard InChI is InChI=1S/C24H31ClN2O4/c1-18-16-20(25)7-10-23(18)31-13-3-4-24(28)26-17-22(27-11-14-30-15-12-27)19-5-8-21(29-2)9-6-19/h5-10,16,22H,3-4,11-15,17H2,1-2H3,(H,26,28). The maximum Gasteiger partial charge on any atom is 0.220 e. The van der Waals surface area contributed by atoms with Gasteiger partial charge in [0.1, 0.15) is 11.5 Å². The lowest BCUT2D eigenvalue weighted by Gasteiger charge is -2.35. The van der Waals surface area contributed by atoms with Crippen LogP contribution in [0.15, 0.2) is 42.5 Å². The first kappa shape index (κ1) is 23.4. The minimum atomic E-state index is 0.0307. The molecule has 1 amide bonds. The van der Waals surface area contributed by atoms with Crippen LogP contribution in [0, 0.1) is 6.92 Å². The zero-order valence-corrected chi connectivity index (χ0v) is 19.0. The molecule has 0 aromatic heterocycles. The predicted octanol–water partition coefficient (Wildman–Crippen LogP) is 4.01. The number of carbonyl (C=O) groups is 1. The highest BCUT2D eigenvalue weighted by Crippen LogP contribution is 2.24. The third-order valence-electron chi connectivity index (χ3n) is 5.42. The van der Waals surface area contributed by atoms with E-state index in [1.165, 1.54) is 0 Å². The molecule has 1 atom stereocenters. The third kappa shape index (κ3) is 7.13. The first-order valence-electron chi connectivity index (χ1n) is 10.7. The van der Waals surface area contributed by atoms with Crippen molar-refractivity contribution in [2.24, 2.45) is 0 Å². The first-order valence-corrected chi connectivity index (χ1v) is 11.1. The number of nitrogens with one attached hydrogen (secondary N) is 1. The van der Waals surface area contributed by atoms with Crippen molar-refractivity contribution in [3.05, 3.63) is 58.6 Å². The van der Waals surface area contributed by atoms with E-state index < -0.39 is 0 Å². The lowest BCUT2D eigenvalue weighted by molar-refractivity contribution is -0.121. The van der Waals surface area contributed by atoms with Gasteiger partial charge in [0.05, 0.1) is 33.0 Å². The van der Waals surface area contributed by atoms with Crippen LogP contribution in [0.25, 0.3) is 0 Å². The highest BCUT2D eigenvalue weighted by atomic mass is 35.5. The SMILES string of the molecule is COc1ccc(C(CNC(=O)CCCOc2ccc(Cl)cc2C)N2CCOCC2)cc1. The van der Waals surface area contributed by atoms with E-state index >= 15 is 0 Å². The molecule has 0 bridgehead atoms. The number of benzene rings is 2. The molecule has 1 unspecified atom stereocenters. The maximum absolute atomic E-state index is 12.4. The van der Waals surface area contributed by atoms with Crippen molar-refractivity contribution in [3.63, 3.8) is 0 Å². The molecule has 0 saturated carbocycles. The largest absolute Gasteiger partial charge is 0.497 e. The summed E-state index contributed by atoms with van der Waals surface area (Å²) in [6.07, 6.45) is 1.07. The van der Waals surface area contributed by atoms with Crippen LogP contribution in [-0.2, 0) is 9.53 Å². The molecule has 168 valence electrons. The minimum absolute atomic E-state index is 0.0307. The Hall–Kier alpha value is -2.28. The second-order valence-electron chi connectivity index (χ2n) is 7.60. The van der Waals surface area contributed by atoms with E-state index in [4.69, 9.17) is 25.8 Å². The van der Waals surface area contributed by atoms with E-state index in [1.54, 1.807) is 7.11 Å². The molecule has 0 spiro atoms. The molecule has 1 saturated heterocycles. The number of amides is 1. The van der Waals surface area contributed by atoms with E-state index in [-0.39, 0.29) is 11.9 Å². The Labute approximate surface area is 189 Å². The van der Waals surface area contributed by atoms with Gasteiger partial charge in [0, 0.05) is 31.1 Å². The molecule has 0 radical (unpaired) electrons. The highest BCUT2D eigenvalue weighted by molar-refractivity contribution is 6.30. The molecular weight excluding hydrogens is 416 g/mol. The number of aryl methyl sites for hydroxylation is 1. The number of hydrogen-bond acceptors (Lipinski definition) is 5. The number of halogens is 1. The number of ether oxygens (including phenoxy) is 3. The summed E-state index contributed by atoms with van der Waals surface area (Å²) in [7, 11) is 1.66. The fraction of sp³-hybridized carbons (Fsp3) is 0.458. The fourth-order valence-corrected chi connectivity index (χ4v) is 3.89. The van der Waals surface area contributed by atoms with Crippen molar-refractivity contribution < 1.29 is 19.0 Å². The van der Waals surface area contributed by atoms with Gasteiger partial charge in [-0.15, -0.1) is 0 Å². The quantitative estimate of drug-likeness (QED) is 0.559.